The van der Waals surface area contributed by atoms with E-state index in [1.807, 2.05) is 0 Å². The van der Waals surface area contributed by atoms with Crippen molar-refractivity contribution in [1.29, 1.82) is 0 Å². The molecule has 0 heteroatoms. The van der Waals surface area contributed by atoms with Crippen molar-refractivity contribution in [2.75, 3.05) is 0 Å². The smallest absolute Gasteiger partial charge is 0.0357 e. The zero-order chi connectivity index (χ0) is 18.2. The maximum absolute atomic E-state index is 2.53. The first kappa shape index (κ1) is 22.0. The summed E-state index contributed by atoms with van der Waals surface area (Å²) in [4.78, 5) is 0. The van der Waals surface area contributed by atoms with Crippen LogP contribution in [0.4, 0.5) is 0 Å². The molecule has 0 nitrogen and oxygen atoms in total. The van der Waals surface area contributed by atoms with Crippen LogP contribution in [-0.4, -0.2) is 0 Å². The van der Waals surface area contributed by atoms with Gasteiger partial charge in [-0.25, -0.2) is 0 Å². The second-order valence-corrected chi connectivity index (χ2v) is 9.89. The fraction of sp³-hybridized carbons (Fsp3) is 1.00. The molecule has 1 aliphatic rings. The average molecular weight is 337 g/mol. The van der Waals surface area contributed by atoms with Gasteiger partial charge >= 0.3 is 0 Å². The van der Waals surface area contributed by atoms with E-state index in [2.05, 4.69) is 48.5 Å². The van der Waals surface area contributed by atoms with Gasteiger partial charge in [0.2, 0.25) is 0 Å². The summed E-state index contributed by atoms with van der Waals surface area (Å²) in [6, 6.07) is 0. The Morgan fingerprint density at radius 1 is 0.958 bits per heavy atom. The van der Waals surface area contributed by atoms with Gasteiger partial charge in [0.05, 0.1) is 0 Å². The van der Waals surface area contributed by atoms with Crippen LogP contribution in [0.1, 0.15) is 119 Å². The Bertz CT molecular complexity index is 316. The van der Waals surface area contributed by atoms with E-state index in [9.17, 15) is 0 Å². The molecule has 0 bridgehead atoms. The van der Waals surface area contributed by atoms with Gasteiger partial charge in [0.25, 0.3) is 0 Å². The van der Waals surface area contributed by atoms with Crippen molar-refractivity contribution in [2.24, 2.45) is 35.0 Å². The van der Waals surface area contributed by atoms with E-state index < -0.39 is 0 Å². The lowest BCUT2D eigenvalue weighted by molar-refractivity contribution is 0.0665. The fourth-order valence-corrected chi connectivity index (χ4v) is 4.68. The van der Waals surface area contributed by atoms with Crippen LogP contribution >= 0.6 is 0 Å². The number of hydrogen-bond donors (Lipinski definition) is 0. The Morgan fingerprint density at radius 2 is 1.58 bits per heavy atom. The molecule has 1 fully saturated rings. The predicted molar refractivity (Wildman–Crippen MR) is 110 cm³/mol. The van der Waals surface area contributed by atoms with Gasteiger partial charge in [0, 0.05) is 0 Å². The second kappa shape index (κ2) is 10.9. The summed E-state index contributed by atoms with van der Waals surface area (Å²) < 4.78 is 0. The fourth-order valence-electron chi connectivity index (χ4n) is 4.68. The molecule has 0 aromatic carbocycles. The number of unbranched alkanes of at least 4 members (excludes halogenated alkanes) is 1. The van der Waals surface area contributed by atoms with E-state index in [0.29, 0.717) is 5.41 Å². The molecule has 1 saturated carbocycles. The molecular formula is C24H48. The van der Waals surface area contributed by atoms with E-state index in [1.165, 1.54) is 70.6 Å². The van der Waals surface area contributed by atoms with Gasteiger partial charge < -0.3 is 0 Å². The van der Waals surface area contributed by atoms with Gasteiger partial charge in [-0.15, -0.1) is 0 Å². The number of hydrogen-bond acceptors (Lipinski definition) is 0. The summed E-state index contributed by atoms with van der Waals surface area (Å²) >= 11 is 0. The SMILES string of the molecule is CCCCC1CC(CCCC(CCC(C)(C)CC)C(C)CC)C1C. The topological polar surface area (TPSA) is 0 Å². The molecule has 5 unspecified atom stereocenters. The van der Waals surface area contributed by atoms with Gasteiger partial charge in [-0.2, -0.15) is 0 Å². The lowest BCUT2D eigenvalue weighted by atomic mass is 9.62. The Balaban J connectivity index is 2.30. The Labute approximate surface area is 154 Å². The maximum Gasteiger partial charge on any atom is -0.0357 e. The quantitative estimate of drug-likeness (QED) is 0.316. The zero-order valence-electron chi connectivity index (χ0n) is 18.2. The molecule has 0 aromatic rings. The third-order valence-corrected chi connectivity index (χ3v) is 7.77. The molecule has 0 heterocycles. The van der Waals surface area contributed by atoms with Gasteiger partial charge in [0.1, 0.15) is 0 Å². The summed E-state index contributed by atoms with van der Waals surface area (Å²) in [7, 11) is 0. The summed E-state index contributed by atoms with van der Waals surface area (Å²) in [5, 5.41) is 0. The van der Waals surface area contributed by atoms with Crippen molar-refractivity contribution in [3.05, 3.63) is 0 Å². The Kier molecular flexibility index (Phi) is 9.98. The first-order valence-electron chi connectivity index (χ1n) is 11.3. The minimum atomic E-state index is 0.542. The van der Waals surface area contributed by atoms with Gasteiger partial charge in [-0.1, -0.05) is 99.8 Å². The molecule has 1 aliphatic carbocycles. The minimum absolute atomic E-state index is 0.542. The van der Waals surface area contributed by atoms with E-state index in [1.54, 1.807) is 0 Å². The monoisotopic (exact) mass is 336 g/mol. The molecule has 0 saturated heterocycles. The highest BCUT2D eigenvalue weighted by Gasteiger charge is 2.36. The highest BCUT2D eigenvalue weighted by molar-refractivity contribution is 4.86. The molecule has 0 aliphatic heterocycles. The van der Waals surface area contributed by atoms with Crippen LogP contribution in [0.25, 0.3) is 0 Å². The molecule has 1 rings (SSSR count). The third-order valence-electron chi connectivity index (χ3n) is 7.77. The van der Waals surface area contributed by atoms with E-state index in [0.717, 1.165) is 29.6 Å². The van der Waals surface area contributed by atoms with Crippen molar-refractivity contribution in [3.63, 3.8) is 0 Å². The standard InChI is InChI=1S/C24H48/c1-8-11-13-22-18-23(20(22)5)15-12-14-21(19(4)9-2)16-17-24(6,7)10-3/h19-23H,8-18H2,1-7H3. The highest BCUT2D eigenvalue weighted by Crippen LogP contribution is 2.46. The molecule has 144 valence electrons. The Morgan fingerprint density at radius 3 is 2.08 bits per heavy atom. The summed E-state index contributed by atoms with van der Waals surface area (Å²) in [6.07, 6.45) is 15.9. The molecule has 0 amide bonds. The van der Waals surface area contributed by atoms with Crippen LogP contribution in [0.15, 0.2) is 0 Å². The predicted octanol–water partition coefficient (Wildman–Crippen LogP) is 8.50. The normalized spacial score (nSPS) is 26.9. The van der Waals surface area contributed by atoms with Crippen molar-refractivity contribution in [2.45, 2.75) is 119 Å². The largest absolute Gasteiger partial charge is 0.0654 e. The van der Waals surface area contributed by atoms with Crippen LogP contribution in [0.5, 0.6) is 0 Å². The lowest BCUT2D eigenvalue weighted by Gasteiger charge is -2.43. The molecule has 0 radical (unpaired) electrons. The molecule has 0 N–H and O–H groups in total. The van der Waals surface area contributed by atoms with E-state index >= 15 is 0 Å². The lowest BCUT2D eigenvalue weighted by Crippen LogP contribution is -2.34. The molecular weight excluding hydrogens is 288 g/mol. The summed E-state index contributed by atoms with van der Waals surface area (Å²) in [5.74, 6) is 5.00. The van der Waals surface area contributed by atoms with Crippen LogP contribution in [0, 0.1) is 35.0 Å². The minimum Gasteiger partial charge on any atom is -0.0654 e. The highest BCUT2D eigenvalue weighted by atomic mass is 14.4. The van der Waals surface area contributed by atoms with Gasteiger partial charge in [-0.3, -0.25) is 0 Å². The summed E-state index contributed by atoms with van der Waals surface area (Å²) in [6.45, 7) is 17.0. The molecule has 0 spiro atoms. The molecule has 5 atom stereocenters. The van der Waals surface area contributed by atoms with Crippen molar-refractivity contribution < 1.29 is 0 Å². The second-order valence-electron chi connectivity index (χ2n) is 9.89. The Hall–Kier alpha value is 0. The summed E-state index contributed by atoms with van der Waals surface area (Å²) in [5.41, 5.74) is 0.542. The average Bonchev–Trinajstić information content (AvgIpc) is 2.58. The van der Waals surface area contributed by atoms with Crippen LogP contribution < -0.4 is 0 Å². The van der Waals surface area contributed by atoms with Crippen LogP contribution in [0.3, 0.4) is 0 Å². The third kappa shape index (κ3) is 7.09. The van der Waals surface area contributed by atoms with E-state index in [-0.39, 0.29) is 0 Å². The van der Waals surface area contributed by atoms with E-state index in [4.69, 9.17) is 0 Å². The zero-order valence-corrected chi connectivity index (χ0v) is 18.2. The van der Waals surface area contributed by atoms with Gasteiger partial charge in [0.15, 0.2) is 0 Å². The van der Waals surface area contributed by atoms with Crippen LogP contribution in [-0.2, 0) is 0 Å². The van der Waals surface area contributed by atoms with Crippen molar-refractivity contribution in [3.8, 4) is 0 Å². The molecule has 0 aromatic heterocycles. The maximum atomic E-state index is 2.53. The number of rotatable bonds is 13. The van der Waals surface area contributed by atoms with Gasteiger partial charge in [-0.05, 0) is 54.3 Å². The molecule has 24 heavy (non-hydrogen) atoms. The van der Waals surface area contributed by atoms with Crippen molar-refractivity contribution >= 4 is 0 Å². The first-order chi connectivity index (χ1) is 11.3. The van der Waals surface area contributed by atoms with Crippen LogP contribution in [0.2, 0.25) is 0 Å². The van der Waals surface area contributed by atoms with Crippen molar-refractivity contribution in [1.82, 2.24) is 0 Å². The first-order valence-corrected chi connectivity index (χ1v) is 11.3.